The van der Waals surface area contributed by atoms with Gasteiger partial charge in [0.2, 0.25) is 0 Å². The Hall–Kier alpha value is -4.45. The molecular weight excluding hydrogens is 913 g/mol. The van der Waals surface area contributed by atoms with Crippen LogP contribution in [0.2, 0.25) is 0 Å². The monoisotopic (exact) mass is 1020 g/mol. The molecule has 0 aliphatic heterocycles. The maximum absolute atomic E-state index is 12.9. The number of rotatable bonds is 53. The topological polar surface area (TPSA) is 78.9 Å². The third kappa shape index (κ3) is 58.4. The van der Waals surface area contributed by atoms with Crippen molar-refractivity contribution in [2.24, 2.45) is 0 Å². The van der Waals surface area contributed by atoms with Gasteiger partial charge in [-0.1, -0.05) is 238 Å². The second-order valence-corrected chi connectivity index (χ2v) is 19.5. The number of hydrogen-bond acceptors (Lipinski definition) is 6. The molecule has 0 aromatic rings. The standard InChI is InChI=1S/C68H110O6/c1-4-7-10-13-16-19-22-25-28-31-34-37-40-43-46-49-52-55-58-61-67(70)73-64-65(63-72-66(69)60-57-54-51-48-45-42-39-36-33-30-27-24-21-18-15-12-9-6-3)74-68(71)62-59-56-53-50-47-44-41-38-35-32-29-26-23-20-17-14-11-8-5-2/h7-8,10-11,16-17,19-20,25-26,28-29,34-39,43-44,46-47,65H,4-6,9,12-15,18,21-24,27,30-33,40-42,45,48-64H2,1-3H3/b10-7-,11-8-,19-16-,20-17-,28-25-,29-26-,37-34-,38-35-,39-36-,46-43-,47-44-. The van der Waals surface area contributed by atoms with Gasteiger partial charge in [-0.3, -0.25) is 14.4 Å². The Bertz CT molecular complexity index is 1600. The predicted molar refractivity (Wildman–Crippen MR) is 320 cm³/mol. The van der Waals surface area contributed by atoms with E-state index < -0.39 is 6.10 Å². The van der Waals surface area contributed by atoms with E-state index >= 15 is 0 Å². The first-order valence-electron chi connectivity index (χ1n) is 30.2. The van der Waals surface area contributed by atoms with Gasteiger partial charge in [0.05, 0.1) is 0 Å². The molecule has 0 aromatic heterocycles. The minimum Gasteiger partial charge on any atom is -0.462 e. The van der Waals surface area contributed by atoms with E-state index in [0.29, 0.717) is 19.3 Å². The van der Waals surface area contributed by atoms with E-state index in [1.165, 1.54) is 70.6 Å². The third-order valence-electron chi connectivity index (χ3n) is 12.4. The number of unbranched alkanes of at least 4 members (excludes halogenated alkanes) is 20. The summed E-state index contributed by atoms with van der Waals surface area (Å²) < 4.78 is 16.8. The maximum atomic E-state index is 12.9. The Morgan fingerprint density at radius 3 is 0.851 bits per heavy atom. The van der Waals surface area contributed by atoms with Gasteiger partial charge >= 0.3 is 17.9 Å². The van der Waals surface area contributed by atoms with Crippen molar-refractivity contribution >= 4 is 17.9 Å². The highest BCUT2D eigenvalue weighted by Gasteiger charge is 2.19. The van der Waals surface area contributed by atoms with E-state index in [4.69, 9.17) is 14.2 Å². The van der Waals surface area contributed by atoms with Crippen LogP contribution in [0.25, 0.3) is 0 Å². The molecule has 0 fully saturated rings. The second kappa shape index (κ2) is 61.1. The van der Waals surface area contributed by atoms with Crippen LogP contribution in [0.3, 0.4) is 0 Å². The number of carbonyl (C=O) groups is 3. The Balaban J connectivity index is 4.54. The van der Waals surface area contributed by atoms with Gasteiger partial charge in [0.1, 0.15) is 13.2 Å². The van der Waals surface area contributed by atoms with Crippen LogP contribution in [0.5, 0.6) is 0 Å². The van der Waals surface area contributed by atoms with E-state index in [2.05, 4.69) is 154 Å². The van der Waals surface area contributed by atoms with Crippen molar-refractivity contribution in [2.45, 2.75) is 264 Å². The molecule has 0 spiro atoms. The van der Waals surface area contributed by atoms with Crippen LogP contribution in [0.1, 0.15) is 258 Å². The lowest BCUT2D eigenvalue weighted by Crippen LogP contribution is -2.30. The van der Waals surface area contributed by atoms with Crippen LogP contribution >= 0.6 is 0 Å². The zero-order valence-corrected chi connectivity index (χ0v) is 47.8. The minimum atomic E-state index is -0.819. The van der Waals surface area contributed by atoms with Crippen molar-refractivity contribution in [2.75, 3.05) is 13.2 Å². The molecule has 1 unspecified atom stereocenters. The lowest BCUT2D eigenvalue weighted by atomic mass is 10.1. The lowest BCUT2D eigenvalue weighted by molar-refractivity contribution is -0.167. The van der Waals surface area contributed by atoms with Gasteiger partial charge in [-0.25, -0.2) is 0 Å². The van der Waals surface area contributed by atoms with Gasteiger partial charge in [-0.05, 0) is 135 Å². The summed E-state index contributed by atoms with van der Waals surface area (Å²) in [7, 11) is 0. The van der Waals surface area contributed by atoms with Crippen LogP contribution < -0.4 is 0 Å². The van der Waals surface area contributed by atoms with Crippen molar-refractivity contribution in [1.82, 2.24) is 0 Å². The highest BCUT2D eigenvalue weighted by Crippen LogP contribution is 2.14. The number of allylic oxidation sites excluding steroid dienone is 22. The zero-order valence-electron chi connectivity index (χ0n) is 47.8. The molecule has 6 heteroatoms. The summed E-state index contributed by atoms with van der Waals surface area (Å²) >= 11 is 0. The van der Waals surface area contributed by atoms with E-state index in [1.807, 2.05) is 0 Å². The molecule has 1 atom stereocenters. The average Bonchev–Trinajstić information content (AvgIpc) is 3.40. The summed E-state index contributed by atoms with van der Waals surface area (Å²) in [6.45, 7) is 6.35. The smallest absolute Gasteiger partial charge is 0.306 e. The number of hydrogen-bond donors (Lipinski definition) is 0. The van der Waals surface area contributed by atoms with Crippen LogP contribution in [0, 0.1) is 0 Å². The van der Waals surface area contributed by atoms with Crippen LogP contribution in [0.15, 0.2) is 134 Å². The predicted octanol–water partition coefficient (Wildman–Crippen LogP) is 20.6. The molecule has 6 nitrogen and oxygen atoms in total. The Morgan fingerprint density at radius 2 is 0.527 bits per heavy atom. The largest absolute Gasteiger partial charge is 0.462 e. The molecule has 0 aromatic carbocycles. The number of esters is 3. The summed E-state index contributed by atoms with van der Waals surface area (Å²) in [5.41, 5.74) is 0. The fourth-order valence-electron chi connectivity index (χ4n) is 7.90. The zero-order chi connectivity index (χ0) is 53.6. The van der Waals surface area contributed by atoms with Crippen molar-refractivity contribution in [3.8, 4) is 0 Å². The normalized spacial score (nSPS) is 13.1. The first kappa shape index (κ1) is 69.5. The van der Waals surface area contributed by atoms with Crippen molar-refractivity contribution in [3.63, 3.8) is 0 Å². The summed E-state index contributed by atoms with van der Waals surface area (Å²) in [4.78, 5) is 38.3. The first-order chi connectivity index (χ1) is 36.5. The molecule has 0 saturated heterocycles. The SMILES string of the molecule is CC/C=C\C/C=C\C/C=C\C/C=C\C/C=C\CCCCCC(=O)OCC(COC(=O)CCCCCCC/C=C\CCCCCCCCCCC)OC(=O)CCCCC/C=C\C/C=C\C/C=C\C/C=C\C/C=C\CC. The van der Waals surface area contributed by atoms with Crippen LogP contribution in [-0.2, 0) is 28.6 Å². The van der Waals surface area contributed by atoms with E-state index in [0.717, 1.165) is 141 Å². The van der Waals surface area contributed by atoms with Gasteiger partial charge in [0.25, 0.3) is 0 Å². The molecule has 0 aliphatic rings. The van der Waals surface area contributed by atoms with Crippen molar-refractivity contribution in [1.29, 1.82) is 0 Å². The third-order valence-corrected chi connectivity index (χ3v) is 12.4. The molecule has 0 heterocycles. The molecule has 0 bridgehead atoms. The molecule has 0 amide bonds. The minimum absolute atomic E-state index is 0.111. The first-order valence-corrected chi connectivity index (χ1v) is 30.2. The summed E-state index contributed by atoms with van der Waals surface area (Å²) in [6, 6.07) is 0. The number of carbonyl (C=O) groups excluding carboxylic acids is 3. The molecule has 0 rings (SSSR count). The van der Waals surface area contributed by atoms with Crippen LogP contribution in [-0.4, -0.2) is 37.2 Å². The van der Waals surface area contributed by atoms with Gasteiger partial charge in [0, 0.05) is 19.3 Å². The molecular formula is C68H110O6. The fraction of sp³-hybridized carbons (Fsp3) is 0.632. The summed E-state index contributed by atoms with van der Waals surface area (Å²) in [5.74, 6) is -0.985. The van der Waals surface area contributed by atoms with E-state index in [-0.39, 0.29) is 37.5 Å². The van der Waals surface area contributed by atoms with Gasteiger partial charge in [0.15, 0.2) is 6.10 Å². The molecule has 0 radical (unpaired) electrons. The summed E-state index contributed by atoms with van der Waals surface area (Å²) in [5, 5.41) is 0. The van der Waals surface area contributed by atoms with E-state index in [9.17, 15) is 14.4 Å². The Morgan fingerprint density at radius 1 is 0.284 bits per heavy atom. The highest BCUT2D eigenvalue weighted by atomic mass is 16.6. The molecule has 0 aliphatic carbocycles. The molecule has 0 saturated carbocycles. The maximum Gasteiger partial charge on any atom is 0.306 e. The van der Waals surface area contributed by atoms with Gasteiger partial charge < -0.3 is 14.2 Å². The fourth-order valence-corrected chi connectivity index (χ4v) is 7.90. The Labute approximate surface area is 455 Å². The van der Waals surface area contributed by atoms with Crippen molar-refractivity contribution < 1.29 is 28.6 Å². The second-order valence-electron chi connectivity index (χ2n) is 19.5. The Kier molecular flexibility index (Phi) is 57.4. The van der Waals surface area contributed by atoms with Gasteiger partial charge in [-0.15, -0.1) is 0 Å². The lowest BCUT2D eigenvalue weighted by Gasteiger charge is -2.18. The number of ether oxygens (including phenoxy) is 3. The molecule has 418 valence electrons. The molecule has 74 heavy (non-hydrogen) atoms. The van der Waals surface area contributed by atoms with Crippen molar-refractivity contribution in [3.05, 3.63) is 134 Å². The van der Waals surface area contributed by atoms with Crippen LogP contribution in [0.4, 0.5) is 0 Å². The quantitative estimate of drug-likeness (QED) is 0.0261. The molecule has 0 N–H and O–H groups in total. The van der Waals surface area contributed by atoms with Gasteiger partial charge in [-0.2, -0.15) is 0 Å². The highest BCUT2D eigenvalue weighted by molar-refractivity contribution is 5.71. The summed E-state index contributed by atoms with van der Waals surface area (Å²) in [6.07, 6.45) is 85.9. The van der Waals surface area contributed by atoms with E-state index in [1.54, 1.807) is 0 Å². The average molecular weight is 1020 g/mol.